The molecule has 0 heterocycles. The summed E-state index contributed by atoms with van der Waals surface area (Å²) in [6.07, 6.45) is -4.63. The van der Waals surface area contributed by atoms with Crippen LogP contribution in [0.15, 0.2) is 48.5 Å². The molecule has 6 heteroatoms. The molecule has 0 saturated heterocycles. The Balaban J connectivity index is 2.25. The van der Waals surface area contributed by atoms with E-state index in [0.717, 1.165) is 12.1 Å². The molecule has 2 nitrogen and oxygen atoms in total. The van der Waals surface area contributed by atoms with Crippen molar-refractivity contribution in [3.05, 3.63) is 71.0 Å². The maximum Gasteiger partial charge on any atom is 0.417 e. The summed E-state index contributed by atoms with van der Waals surface area (Å²) in [7, 11) is 0. The van der Waals surface area contributed by atoms with E-state index < -0.39 is 35.1 Å². The minimum absolute atomic E-state index is 0.209. The second-order valence-corrected chi connectivity index (χ2v) is 4.76. The average molecular weight is 311 g/mol. The van der Waals surface area contributed by atoms with Crippen LogP contribution >= 0.6 is 0 Å². The number of amides is 1. The van der Waals surface area contributed by atoms with E-state index in [4.69, 9.17) is 0 Å². The van der Waals surface area contributed by atoms with Crippen LogP contribution in [0.1, 0.15) is 34.5 Å². The van der Waals surface area contributed by atoms with Gasteiger partial charge in [0.25, 0.3) is 5.91 Å². The smallest absolute Gasteiger partial charge is 0.345 e. The van der Waals surface area contributed by atoms with Gasteiger partial charge >= 0.3 is 6.18 Å². The van der Waals surface area contributed by atoms with Crippen LogP contribution in [0.2, 0.25) is 0 Å². The van der Waals surface area contributed by atoms with Crippen LogP contribution in [0.4, 0.5) is 17.6 Å². The summed E-state index contributed by atoms with van der Waals surface area (Å²) in [4.78, 5) is 12.1. The molecule has 2 aromatic rings. The monoisotopic (exact) mass is 311 g/mol. The van der Waals surface area contributed by atoms with Gasteiger partial charge in [0.1, 0.15) is 5.82 Å². The SMILES string of the molecule is C[C@@H](NC(=O)c1ccccc1C(F)(F)F)c1ccccc1F. The van der Waals surface area contributed by atoms with Crippen LogP contribution in [0.25, 0.3) is 0 Å². The highest BCUT2D eigenvalue weighted by Crippen LogP contribution is 2.32. The number of hydrogen-bond acceptors (Lipinski definition) is 1. The number of nitrogens with one attached hydrogen (secondary N) is 1. The maximum absolute atomic E-state index is 13.6. The van der Waals surface area contributed by atoms with Gasteiger partial charge in [0.15, 0.2) is 0 Å². The van der Waals surface area contributed by atoms with Crippen LogP contribution in [0.3, 0.4) is 0 Å². The number of carbonyl (C=O) groups excluding carboxylic acids is 1. The lowest BCUT2D eigenvalue weighted by molar-refractivity contribution is -0.137. The van der Waals surface area contributed by atoms with Crippen molar-refractivity contribution in [3.63, 3.8) is 0 Å². The molecule has 0 aliphatic rings. The van der Waals surface area contributed by atoms with Crippen molar-refractivity contribution in [2.45, 2.75) is 19.1 Å². The summed E-state index contributed by atoms with van der Waals surface area (Å²) < 4.78 is 52.3. The van der Waals surface area contributed by atoms with E-state index >= 15 is 0 Å². The van der Waals surface area contributed by atoms with Crippen LogP contribution in [0, 0.1) is 5.82 Å². The second-order valence-electron chi connectivity index (χ2n) is 4.76. The molecule has 116 valence electrons. The Labute approximate surface area is 124 Å². The number of benzene rings is 2. The molecule has 0 unspecified atom stereocenters. The van der Waals surface area contributed by atoms with Crippen LogP contribution in [-0.2, 0) is 6.18 Å². The third-order valence-electron chi connectivity index (χ3n) is 3.20. The lowest BCUT2D eigenvalue weighted by Gasteiger charge is -2.17. The lowest BCUT2D eigenvalue weighted by Crippen LogP contribution is -2.29. The fourth-order valence-corrected chi connectivity index (χ4v) is 2.11. The molecule has 0 bridgehead atoms. The molecule has 0 aliphatic carbocycles. The van der Waals surface area contributed by atoms with Gasteiger partial charge in [0.2, 0.25) is 0 Å². The Hall–Kier alpha value is -2.37. The Kier molecular flexibility index (Phi) is 4.49. The van der Waals surface area contributed by atoms with E-state index in [1.807, 2.05) is 0 Å². The van der Waals surface area contributed by atoms with Gasteiger partial charge in [-0.3, -0.25) is 4.79 Å². The summed E-state index contributed by atoms with van der Waals surface area (Å²) in [5.74, 6) is -1.43. The quantitative estimate of drug-likeness (QED) is 0.840. The molecule has 0 radical (unpaired) electrons. The van der Waals surface area contributed by atoms with Gasteiger partial charge < -0.3 is 5.32 Å². The zero-order valence-electron chi connectivity index (χ0n) is 11.6. The number of hydrogen-bond donors (Lipinski definition) is 1. The average Bonchev–Trinajstić information content (AvgIpc) is 2.46. The Morgan fingerprint density at radius 1 is 1.05 bits per heavy atom. The first-order valence-electron chi connectivity index (χ1n) is 6.52. The standard InChI is InChI=1S/C16H13F4NO/c1-10(11-6-3-5-9-14(11)17)21-15(22)12-7-2-4-8-13(12)16(18,19)20/h2-10H,1H3,(H,21,22)/t10-/m1/s1. The second kappa shape index (κ2) is 6.17. The molecule has 0 saturated carbocycles. The molecule has 0 fully saturated rings. The molecule has 0 aliphatic heterocycles. The molecular formula is C16H13F4NO. The van der Waals surface area contributed by atoms with Crippen molar-refractivity contribution in [1.82, 2.24) is 5.32 Å². The highest BCUT2D eigenvalue weighted by Gasteiger charge is 2.35. The summed E-state index contributed by atoms with van der Waals surface area (Å²) >= 11 is 0. The fraction of sp³-hybridized carbons (Fsp3) is 0.188. The number of halogens is 4. The molecule has 1 amide bonds. The summed E-state index contributed by atoms with van der Waals surface area (Å²) in [5, 5.41) is 2.39. The lowest BCUT2D eigenvalue weighted by atomic mass is 10.0. The Bertz CT molecular complexity index is 682. The normalized spacial score (nSPS) is 12.8. The molecule has 2 aromatic carbocycles. The van der Waals surface area contributed by atoms with Crippen molar-refractivity contribution in [2.24, 2.45) is 0 Å². The first-order chi connectivity index (χ1) is 10.3. The van der Waals surface area contributed by atoms with Crippen LogP contribution < -0.4 is 5.32 Å². The van der Waals surface area contributed by atoms with Gasteiger partial charge in [0.05, 0.1) is 17.2 Å². The largest absolute Gasteiger partial charge is 0.417 e. The molecule has 2 rings (SSSR count). The molecule has 22 heavy (non-hydrogen) atoms. The fourth-order valence-electron chi connectivity index (χ4n) is 2.11. The van der Waals surface area contributed by atoms with Gasteiger partial charge in [-0.1, -0.05) is 30.3 Å². The summed E-state index contributed by atoms with van der Waals surface area (Å²) in [5.41, 5.74) is -1.30. The maximum atomic E-state index is 13.6. The summed E-state index contributed by atoms with van der Waals surface area (Å²) in [6.45, 7) is 1.51. The third kappa shape index (κ3) is 3.44. The number of rotatable bonds is 3. The Morgan fingerprint density at radius 3 is 2.27 bits per heavy atom. The molecular weight excluding hydrogens is 298 g/mol. The highest BCUT2D eigenvalue weighted by atomic mass is 19.4. The number of alkyl halides is 3. The third-order valence-corrected chi connectivity index (χ3v) is 3.20. The number of carbonyl (C=O) groups is 1. The van der Waals surface area contributed by atoms with Gasteiger partial charge in [-0.2, -0.15) is 13.2 Å². The topological polar surface area (TPSA) is 29.1 Å². The molecule has 1 atom stereocenters. The predicted octanol–water partition coefficient (Wildman–Crippen LogP) is 4.34. The Morgan fingerprint density at radius 2 is 1.64 bits per heavy atom. The zero-order chi connectivity index (χ0) is 16.3. The van der Waals surface area contributed by atoms with Crippen molar-refractivity contribution in [1.29, 1.82) is 0 Å². The minimum Gasteiger partial charge on any atom is -0.345 e. The van der Waals surface area contributed by atoms with Crippen LogP contribution in [-0.4, -0.2) is 5.91 Å². The van der Waals surface area contributed by atoms with Crippen molar-refractivity contribution in [3.8, 4) is 0 Å². The highest BCUT2D eigenvalue weighted by molar-refractivity contribution is 5.96. The van der Waals surface area contributed by atoms with Crippen molar-refractivity contribution in [2.75, 3.05) is 0 Å². The predicted molar refractivity (Wildman–Crippen MR) is 73.7 cm³/mol. The van der Waals surface area contributed by atoms with Gasteiger partial charge in [-0.15, -0.1) is 0 Å². The van der Waals surface area contributed by atoms with E-state index in [9.17, 15) is 22.4 Å². The minimum atomic E-state index is -4.63. The van der Waals surface area contributed by atoms with Crippen molar-refractivity contribution < 1.29 is 22.4 Å². The van der Waals surface area contributed by atoms with E-state index in [-0.39, 0.29) is 5.56 Å². The first-order valence-corrected chi connectivity index (χ1v) is 6.52. The molecule has 0 aromatic heterocycles. The van der Waals surface area contributed by atoms with E-state index in [1.54, 1.807) is 6.07 Å². The van der Waals surface area contributed by atoms with Gasteiger partial charge in [0, 0.05) is 5.56 Å². The zero-order valence-corrected chi connectivity index (χ0v) is 11.6. The molecule has 1 N–H and O–H groups in total. The summed E-state index contributed by atoms with van der Waals surface area (Å²) in [6, 6.07) is 9.50. The van der Waals surface area contributed by atoms with E-state index in [0.29, 0.717) is 0 Å². The first kappa shape index (κ1) is 16.0. The van der Waals surface area contributed by atoms with Crippen LogP contribution in [0.5, 0.6) is 0 Å². The van der Waals surface area contributed by atoms with Crippen molar-refractivity contribution >= 4 is 5.91 Å². The van der Waals surface area contributed by atoms with Gasteiger partial charge in [-0.05, 0) is 25.1 Å². The molecule has 0 spiro atoms. The van der Waals surface area contributed by atoms with Gasteiger partial charge in [-0.25, -0.2) is 4.39 Å². The van der Waals surface area contributed by atoms with E-state index in [2.05, 4.69) is 5.32 Å². The van der Waals surface area contributed by atoms with E-state index in [1.165, 1.54) is 37.3 Å².